The molecule has 0 N–H and O–H groups in total. The molecule has 0 heterocycles. The predicted octanol–water partition coefficient (Wildman–Crippen LogP) is 4.41. The molecular formula is C16H13. The second-order valence-electron chi connectivity index (χ2n) is 4.47. The molecule has 0 saturated carbocycles. The summed E-state index contributed by atoms with van der Waals surface area (Å²) in [5.41, 5.74) is 2.57. The van der Waals surface area contributed by atoms with Crippen molar-refractivity contribution < 1.29 is 0 Å². The summed E-state index contributed by atoms with van der Waals surface area (Å²) in [4.78, 5) is 0. The minimum Gasteiger partial charge on any atom is -0.0587 e. The van der Waals surface area contributed by atoms with E-state index in [1.54, 1.807) is 0 Å². The smallest absolute Gasteiger partial charge is 0.00962 e. The molecule has 0 aliphatic carbocycles. The van der Waals surface area contributed by atoms with Gasteiger partial charge < -0.3 is 0 Å². The number of rotatable bonds is 0. The van der Waals surface area contributed by atoms with Crippen molar-refractivity contribution in [1.29, 1.82) is 0 Å². The Bertz CT molecular complexity index is 621. The predicted molar refractivity (Wildman–Crippen MR) is 69.8 cm³/mol. The molecule has 0 atom stereocenters. The molecule has 0 amide bonds. The van der Waals surface area contributed by atoms with Crippen LogP contribution in [0.3, 0.4) is 0 Å². The molecule has 1 radical (unpaired) electrons. The van der Waals surface area contributed by atoms with E-state index in [0.29, 0.717) is 0 Å². The summed E-state index contributed by atoms with van der Waals surface area (Å²) in [6.45, 7) is 4.24. The zero-order valence-corrected chi connectivity index (χ0v) is 9.54. The monoisotopic (exact) mass is 205 g/mol. The van der Waals surface area contributed by atoms with Crippen LogP contribution in [0.5, 0.6) is 0 Å². The van der Waals surface area contributed by atoms with Gasteiger partial charge in [-0.3, -0.25) is 0 Å². The molecule has 0 aliphatic rings. The Hall–Kier alpha value is -1.82. The van der Waals surface area contributed by atoms with Crippen molar-refractivity contribution in [1.82, 2.24) is 0 Å². The Balaban J connectivity index is 2.44. The number of hydrogen-bond acceptors (Lipinski definition) is 0. The Morgan fingerprint density at radius 3 is 2.44 bits per heavy atom. The molecule has 0 aliphatic heterocycles. The highest BCUT2D eigenvalue weighted by Gasteiger charge is 1.98. The number of fused-ring (bicyclic) bond motifs is 2. The molecule has 0 spiro atoms. The lowest BCUT2D eigenvalue weighted by Gasteiger charge is -2.04. The van der Waals surface area contributed by atoms with Crippen LogP contribution in [0.1, 0.15) is 11.1 Å². The Labute approximate surface area is 95.5 Å². The fourth-order valence-corrected chi connectivity index (χ4v) is 2.16. The lowest BCUT2D eigenvalue weighted by atomic mass is 10.0. The van der Waals surface area contributed by atoms with E-state index in [-0.39, 0.29) is 0 Å². The first kappa shape index (κ1) is 9.41. The van der Waals surface area contributed by atoms with Crippen LogP contribution in [0.25, 0.3) is 21.5 Å². The van der Waals surface area contributed by atoms with E-state index in [0.717, 1.165) is 0 Å². The van der Waals surface area contributed by atoms with E-state index in [4.69, 9.17) is 0 Å². The van der Waals surface area contributed by atoms with Gasteiger partial charge >= 0.3 is 0 Å². The van der Waals surface area contributed by atoms with Crippen molar-refractivity contribution in [2.75, 3.05) is 0 Å². The molecule has 77 valence electrons. The van der Waals surface area contributed by atoms with Crippen LogP contribution in [-0.2, 0) is 0 Å². The van der Waals surface area contributed by atoms with Gasteiger partial charge in [0.15, 0.2) is 0 Å². The highest BCUT2D eigenvalue weighted by Crippen LogP contribution is 2.24. The normalized spacial score (nSPS) is 11.1. The second kappa shape index (κ2) is 3.34. The number of benzene rings is 3. The topological polar surface area (TPSA) is 0 Å². The first-order chi connectivity index (χ1) is 7.72. The lowest BCUT2D eigenvalue weighted by Crippen LogP contribution is -1.79. The fourth-order valence-electron chi connectivity index (χ4n) is 2.16. The molecule has 3 aromatic carbocycles. The minimum atomic E-state index is 1.20. The van der Waals surface area contributed by atoms with E-state index in [1.807, 2.05) is 6.07 Å². The molecule has 0 unspecified atom stereocenters. The highest BCUT2D eigenvalue weighted by molar-refractivity contribution is 5.98. The standard InChI is InChI=1S/C16H13/c1-11-3-5-13-9-14-6-4-12(2)8-16(14)10-15(13)7-11/h3-5,7-10H,1-2H3. The molecule has 0 heteroatoms. The first-order valence-corrected chi connectivity index (χ1v) is 5.55. The summed E-state index contributed by atoms with van der Waals surface area (Å²) in [5.74, 6) is 0. The quantitative estimate of drug-likeness (QED) is 0.477. The summed E-state index contributed by atoms with van der Waals surface area (Å²) >= 11 is 0. The lowest BCUT2D eigenvalue weighted by molar-refractivity contribution is 1.49. The van der Waals surface area contributed by atoms with Crippen molar-refractivity contribution in [2.45, 2.75) is 13.8 Å². The second-order valence-corrected chi connectivity index (χ2v) is 4.47. The molecule has 3 rings (SSSR count). The van der Waals surface area contributed by atoms with Gasteiger partial charge in [0, 0.05) is 0 Å². The zero-order chi connectivity index (χ0) is 11.1. The summed E-state index contributed by atoms with van der Waals surface area (Å²) in [5, 5.41) is 5.07. The van der Waals surface area contributed by atoms with E-state index in [9.17, 15) is 0 Å². The van der Waals surface area contributed by atoms with Crippen molar-refractivity contribution in [3.05, 3.63) is 59.7 Å². The van der Waals surface area contributed by atoms with E-state index in [2.05, 4.69) is 56.3 Å². The van der Waals surface area contributed by atoms with E-state index < -0.39 is 0 Å². The highest BCUT2D eigenvalue weighted by atomic mass is 14.0. The van der Waals surface area contributed by atoms with Crippen LogP contribution in [0.4, 0.5) is 0 Å². The van der Waals surface area contributed by atoms with Gasteiger partial charge in [0.05, 0.1) is 0 Å². The van der Waals surface area contributed by atoms with Crippen LogP contribution in [0, 0.1) is 19.9 Å². The van der Waals surface area contributed by atoms with Crippen LogP contribution in [0.15, 0.2) is 42.5 Å². The van der Waals surface area contributed by atoms with Gasteiger partial charge in [-0.15, -0.1) is 0 Å². The third-order valence-electron chi connectivity index (χ3n) is 3.00. The third-order valence-corrected chi connectivity index (χ3v) is 3.00. The SMILES string of the molecule is Cc1c[c]c2cc3ccc(C)cc3cc2c1. The van der Waals surface area contributed by atoms with Gasteiger partial charge in [-0.2, -0.15) is 0 Å². The van der Waals surface area contributed by atoms with Crippen LogP contribution in [0.2, 0.25) is 0 Å². The molecule has 0 bridgehead atoms. The minimum absolute atomic E-state index is 1.20. The maximum atomic E-state index is 3.33. The van der Waals surface area contributed by atoms with Gasteiger partial charge in [0.2, 0.25) is 0 Å². The average Bonchev–Trinajstić information content (AvgIpc) is 2.26. The largest absolute Gasteiger partial charge is 0.0587 e. The molecule has 0 aromatic heterocycles. The maximum Gasteiger partial charge on any atom is -0.00962 e. The van der Waals surface area contributed by atoms with Gasteiger partial charge in [0.1, 0.15) is 0 Å². The Morgan fingerprint density at radius 2 is 1.56 bits per heavy atom. The van der Waals surface area contributed by atoms with Gasteiger partial charge in [-0.05, 0) is 59.2 Å². The fraction of sp³-hybridized carbons (Fsp3) is 0.125. The first-order valence-electron chi connectivity index (χ1n) is 5.55. The number of hydrogen-bond donors (Lipinski definition) is 0. The summed E-state index contributed by atoms with van der Waals surface area (Å²) in [7, 11) is 0. The average molecular weight is 205 g/mol. The Kier molecular flexibility index (Phi) is 1.97. The van der Waals surface area contributed by atoms with Crippen LogP contribution in [-0.4, -0.2) is 0 Å². The molecule has 16 heavy (non-hydrogen) atoms. The van der Waals surface area contributed by atoms with Crippen molar-refractivity contribution in [3.8, 4) is 0 Å². The molecular weight excluding hydrogens is 192 g/mol. The van der Waals surface area contributed by atoms with Crippen LogP contribution >= 0.6 is 0 Å². The summed E-state index contributed by atoms with van der Waals surface area (Å²) in [6, 6.07) is 18.6. The molecule has 0 saturated heterocycles. The maximum absolute atomic E-state index is 3.33. The number of aryl methyl sites for hydroxylation is 2. The van der Waals surface area contributed by atoms with Crippen molar-refractivity contribution in [2.24, 2.45) is 0 Å². The van der Waals surface area contributed by atoms with E-state index in [1.165, 1.54) is 32.7 Å². The Morgan fingerprint density at radius 1 is 0.750 bits per heavy atom. The van der Waals surface area contributed by atoms with E-state index >= 15 is 0 Å². The van der Waals surface area contributed by atoms with Crippen molar-refractivity contribution >= 4 is 21.5 Å². The molecule has 0 nitrogen and oxygen atoms in total. The van der Waals surface area contributed by atoms with Gasteiger partial charge in [-0.1, -0.05) is 35.9 Å². The van der Waals surface area contributed by atoms with Crippen LogP contribution < -0.4 is 0 Å². The van der Waals surface area contributed by atoms with Gasteiger partial charge in [-0.25, -0.2) is 0 Å². The van der Waals surface area contributed by atoms with Crippen molar-refractivity contribution in [3.63, 3.8) is 0 Å². The summed E-state index contributed by atoms with van der Waals surface area (Å²) < 4.78 is 0. The molecule has 0 fully saturated rings. The van der Waals surface area contributed by atoms with Gasteiger partial charge in [0.25, 0.3) is 0 Å². The zero-order valence-electron chi connectivity index (χ0n) is 9.54. The molecule has 3 aromatic rings. The summed E-state index contributed by atoms with van der Waals surface area (Å²) in [6.07, 6.45) is 0. The third kappa shape index (κ3) is 1.47.